The van der Waals surface area contributed by atoms with Crippen LogP contribution in [0.15, 0.2) is 55.5 Å². The summed E-state index contributed by atoms with van der Waals surface area (Å²) in [6, 6.07) is 8.14. The monoisotopic (exact) mass is 537 g/mol. The lowest BCUT2D eigenvalue weighted by Gasteiger charge is -2.41. The quantitative estimate of drug-likeness (QED) is 0.276. The van der Waals surface area contributed by atoms with Crippen molar-refractivity contribution in [1.29, 1.82) is 0 Å². The number of quaternary nitrogens is 1. The van der Waals surface area contributed by atoms with Gasteiger partial charge in [-0.05, 0) is 48.9 Å². The van der Waals surface area contributed by atoms with E-state index in [1.165, 1.54) is 36.4 Å². The van der Waals surface area contributed by atoms with E-state index in [1.807, 2.05) is 0 Å². The molecule has 0 amide bonds. The van der Waals surface area contributed by atoms with Crippen LogP contribution in [-0.4, -0.2) is 60.6 Å². The van der Waals surface area contributed by atoms with E-state index >= 15 is 0 Å². The van der Waals surface area contributed by atoms with Gasteiger partial charge in [0.25, 0.3) is 0 Å². The van der Waals surface area contributed by atoms with Crippen molar-refractivity contribution in [3.05, 3.63) is 56.7 Å². The Kier molecular flexibility index (Phi) is 7.50. The van der Waals surface area contributed by atoms with Crippen molar-refractivity contribution in [3.63, 3.8) is 0 Å². The average Bonchev–Trinajstić information content (AvgIpc) is 2.70. The molecule has 2 aromatic carbocycles. The van der Waals surface area contributed by atoms with Crippen molar-refractivity contribution in [3.8, 4) is 0 Å². The highest BCUT2D eigenvalue weighted by Crippen LogP contribution is 2.30. The predicted molar refractivity (Wildman–Crippen MR) is 127 cm³/mol. The molecule has 0 N–H and O–H groups in total. The molecule has 174 valence electrons. The van der Waals surface area contributed by atoms with E-state index in [-0.39, 0.29) is 25.1 Å². The molecular weight excluding hydrogens is 517 g/mol. The molecule has 8 nitrogen and oxygen atoms in total. The molecule has 0 saturated carbocycles. The van der Waals surface area contributed by atoms with E-state index in [4.69, 9.17) is 27.9 Å². The largest absolute Gasteiger partial charge is 0.370 e. The second-order valence-corrected chi connectivity index (χ2v) is 11.9. The summed E-state index contributed by atoms with van der Waals surface area (Å²) < 4.78 is 65.2. The molecule has 1 aliphatic heterocycles. The van der Waals surface area contributed by atoms with Crippen molar-refractivity contribution in [2.75, 3.05) is 33.4 Å². The summed E-state index contributed by atoms with van der Waals surface area (Å²) in [5.41, 5.74) is 0.511. The number of morpholine rings is 1. The summed E-state index contributed by atoms with van der Waals surface area (Å²) >= 11 is 16.1. The Morgan fingerprint density at radius 3 is 2.28 bits per heavy atom. The number of benzene rings is 2. The first-order chi connectivity index (χ1) is 14.8. The zero-order valence-corrected chi connectivity index (χ0v) is 21.2. The van der Waals surface area contributed by atoms with Crippen LogP contribution in [0, 0.1) is 6.92 Å². The van der Waals surface area contributed by atoms with Crippen molar-refractivity contribution < 1.29 is 26.1 Å². The number of likely N-dealkylation sites (N-methyl/N-ethyl adjacent to an activating group) is 1. The third-order valence-electron chi connectivity index (χ3n) is 4.97. The Bertz CT molecular complexity index is 1260. The van der Waals surface area contributed by atoms with Crippen LogP contribution in [0.4, 0.5) is 0 Å². The van der Waals surface area contributed by atoms with Crippen LogP contribution in [0.25, 0.3) is 4.72 Å². The number of hydrogen-bond acceptors (Lipinski definition) is 6. The minimum atomic E-state index is -4.36. The first-order valence-electron chi connectivity index (χ1n) is 9.35. The fourth-order valence-corrected chi connectivity index (χ4v) is 6.13. The average molecular weight is 539 g/mol. The molecule has 0 bridgehead atoms. The van der Waals surface area contributed by atoms with Gasteiger partial charge in [-0.3, -0.25) is 4.48 Å². The summed E-state index contributed by atoms with van der Waals surface area (Å²) in [5, 5.41) is 0.701. The Morgan fingerprint density at radius 2 is 1.69 bits per heavy atom. The summed E-state index contributed by atoms with van der Waals surface area (Å²) in [4.78, 5) is -0.239. The van der Waals surface area contributed by atoms with Gasteiger partial charge < -0.3 is 13.9 Å². The Hall–Kier alpha value is -1.34. The van der Waals surface area contributed by atoms with Gasteiger partial charge in [0, 0.05) is 14.9 Å². The lowest BCUT2D eigenvalue weighted by molar-refractivity contribution is -0.829. The van der Waals surface area contributed by atoms with Crippen LogP contribution >= 0.6 is 35.8 Å². The normalized spacial score (nSPS) is 17.2. The third kappa shape index (κ3) is 5.58. The van der Waals surface area contributed by atoms with E-state index in [9.17, 15) is 16.8 Å². The molecule has 2 aromatic rings. The Labute approximate surface area is 203 Å². The van der Waals surface area contributed by atoms with Crippen molar-refractivity contribution in [1.82, 2.24) is 0 Å². The molecule has 0 radical (unpaired) electrons. The molecule has 1 fully saturated rings. The number of aryl methyl sites for hydroxylation is 1. The first-order valence-corrected chi connectivity index (χ1v) is 13.4. The highest BCUT2D eigenvalue weighted by atomic mass is 35.5. The Balaban J connectivity index is 2.12. The number of sulfonamides is 2. The standard InChI is InChI=1S/C19H21Cl2N3O5S3/c1-13-11-18(17(30)12-16(13)21)32(27,28)23-19(24(2)7-9-29-10-8-24)22-31(25,26)15-5-3-14(20)4-6-15/h3-6,11-12H,7-10H2,1-2H3,(H-,22,23,30). The summed E-state index contributed by atoms with van der Waals surface area (Å²) in [6.45, 7) is 2.82. The van der Waals surface area contributed by atoms with E-state index < -0.39 is 20.0 Å². The lowest BCUT2D eigenvalue weighted by atomic mass is 10.2. The fraction of sp³-hybridized carbons (Fsp3) is 0.316. The highest BCUT2D eigenvalue weighted by molar-refractivity contribution is 7.95. The fourth-order valence-electron chi connectivity index (χ4n) is 2.93. The second-order valence-electron chi connectivity index (χ2n) is 7.41. The van der Waals surface area contributed by atoms with Crippen molar-refractivity contribution in [2.24, 2.45) is 4.40 Å². The maximum Gasteiger partial charge on any atom is 0.207 e. The molecule has 1 aliphatic rings. The van der Waals surface area contributed by atoms with Gasteiger partial charge in [-0.25, -0.2) is 16.8 Å². The molecular formula is C19H21Cl2N3O5S3. The van der Waals surface area contributed by atoms with Crippen molar-refractivity contribution in [2.45, 2.75) is 21.6 Å². The van der Waals surface area contributed by atoms with Gasteiger partial charge in [-0.15, -0.1) is 12.6 Å². The number of nitrogens with zero attached hydrogens (tertiary/aromatic N) is 3. The summed E-state index contributed by atoms with van der Waals surface area (Å²) in [5.74, 6) is -0.372. The van der Waals surface area contributed by atoms with Gasteiger partial charge >= 0.3 is 0 Å². The number of halogens is 2. The SMILES string of the molecule is Cc1cc(S(=O)(=O)/N=C(\[N-]S(=O)(=O)c2ccc(Cl)cc2)[N+]2(C)CCOCC2)c(S)cc1Cl. The maximum absolute atomic E-state index is 13.2. The summed E-state index contributed by atoms with van der Waals surface area (Å²) in [6.07, 6.45) is 0. The number of hydrogen-bond donors (Lipinski definition) is 1. The van der Waals surface area contributed by atoms with Crippen LogP contribution in [0.5, 0.6) is 0 Å². The molecule has 13 heteroatoms. The molecule has 3 rings (SSSR count). The zero-order chi connectivity index (χ0) is 23.7. The number of ether oxygens (including phenoxy) is 1. The van der Waals surface area contributed by atoms with E-state index in [0.717, 1.165) is 0 Å². The van der Waals surface area contributed by atoms with Crippen LogP contribution < -0.4 is 0 Å². The molecule has 1 saturated heterocycles. The molecule has 1 heterocycles. The zero-order valence-electron chi connectivity index (χ0n) is 17.2. The van der Waals surface area contributed by atoms with Crippen LogP contribution in [0.2, 0.25) is 10.0 Å². The molecule has 0 spiro atoms. The van der Waals surface area contributed by atoms with E-state index in [2.05, 4.69) is 21.7 Å². The first kappa shape index (κ1) is 25.3. The minimum absolute atomic E-state index is 0.0916. The number of thiol groups is 1. The van der Waals surface area contributed by atoms with Gasteiger partial charge in [0.05, 0.1) is 30.1 Å². The lowest BCUT2D eigenvalue weighted by Crippen LogP contribution is -2.56. The molecule has 32 heavy (non-hydrogen) atoms. The van der Waals surface area contributed by atoms with Gasteiger partial charge in [0.2, 0.25) is 20.0 Å². The number of rotatable bonds is 4. The highest BCUT2D eigenvalue weighted by Gasteiger charge is 2.31. The van der Waals surface area contributed by atoms with E-state index in [1.54, 1.807) is 14.0 Å². The van der Waals surface area contributed by atoms with Crippen LogP contribution in [-0.2, 0) is 24.8 Å². The Morgan fingerprint density at radius 1 is 1.09 bits per heavy atom. The van der Waals surface area contributed by atoms with Crippen LogP contribution in [0.1, 0.15) is 5.56 Å². The van der Waals surface area contributed by atoms with E-state index in [0.29, 0.717) is 41.9 Å². The van der Waals surface area contributed by atoms with Gasteiger partial charge in [-0.1, -0.05) is 23.2 Å². The maximum atomic E-state index is 13.2. The molecule has 0 unspecified atom stereocenters. The van der Waals surface area contributed by atoms with Crippen LogP contribution in [0.3, 0.4) is 0 Å². The second kappa shape index (κ2) is 9.49. The molecule has 0 aromatic heterocycles. The minimum Gasteiger partial charge on any atom is -0.370 e. The smallest absolute Gasteiger partial charge is 0.207 e. The summed E-state index contributed by atoms with van der Waals surface area (Å²) in [7, 11) is -6.97. The predicted octanol–water partition coefficient (Wildman–Crippen LogP) is 3.87. The third-order valence-corrected chi connectivity index (χ3v) is 8.72. The topological polar surface area (TPSA) is 104 Å². The van der Waals surface area contributed by atoms with Gasteiger partial charge in [-0.2, -0.15) is 0 Å². The molecule has 0 aliphatic carbocycles. The van der Waals surface area contributed by atoms with Crippen molar-refractivity contribution >= 4 is 61.8 Å². The number of guanidine groups is 1. The molecule has 0 atom stereocenters. The van der Waals surface area contributed by atoms with Gasteiger partial charge in [0.15, 0.2) is 0 Å². The van der Waals surface area contributed by atoms with Gasteiger partial charge in [0.1, 0.15) is 19.0 Å².